The zero-order chi connectivity index (χ0) is 14.5. The molecule has 2 N–H and O–H groups in total. The quantitative estimate of drug-likeness (QED) is 0.794. The standard InChI is InChI=1S/C14H28N4O/c1-7-14(8-2,9-3)16-12-18-17-11(19-12)10-15-13(4,5)6/h15H,7-10H2,1-6H3,(H,16,18). The first-order valence-electron chi connectivity index (χ1n) is 7.19. The summed E-state index contributed by atoms with van der Waals surface area (Å²) in [6, 6.07) is 0.524. The second-order valence-corrected chi connectivity index (χ2v) is 6.07. The van der Waals surface area contributed by atoms with Gasteiger partial charge in [-0.15, -0.1) is 5.10 Å². The predicted octanol–water partition coefficient (Wildman–Crippen LogP) is 3.34. The van der Waals surface area contributed by atoms with Crippen LogP contribution in [-0.4, -0.2) is 21.3 Å². The summed E-state index contributed by atoms with van der Waals surface area (Å²) in [5, 5.41) is 14.9. The van der Waals surface area contributed by atoms with Crippen LogP contribution in [0.25, 0.3) is 0 Å². The Balaban J connectivity index is 2.64. The second kappa shape index (κ2) is 6.37. The third-order valence-corrected chi connectivity index (χ3v) is 3.64. The molecule has 0 spiro atoms. The highest BCUT2D eigenvalue weighted by molar-refractivity contribution is 5.23. The third-order valence-electron chi connectivity index (χ3n) is 3.64. The number of nitrogens with zero attached hydrogens (tertiary/aromatic N) is 2. The zero-order valence-corrected chi connectivity index (χ0v) is 13.1. The van der Waals surface area contributed by atoms with Gasteiger partial charge in [0.1, 0.15) is 0 Å². The zero-order valence-electron chi connectivity index (χ0n) is 13.1. The van der Waals surface area contributed by atoms with E-state index in [4.69, 9.17) is 4.42 Å². The fourth-order valence-corrected chi connectivity index (χ4v) is 1.96. The van der Waals surface area contributed by atoms with Gasteiger partial charge in [-0.05, 0) is 40.0 Å². The molecule has 0 aliphatic rings. The van der Waals surface area contributed by atoms with E-state index in [9.17, 15) is 0 Å². The predicted molar refractivity (Wildman–Crippen MR) is 78.1 cm³/mol. The minimum absolute atomic E-state index is 0.0437. The molecule has 1 aromatic heterocycles. The molecule has 5 nitrogen and oxygen atoms in total. The van der Waals surface area contributed by atoms with Crippen LogP contribution in [0.15, 0.2) is 4.42 Å². The molecule has 0 fully saturated rings. The van der Waals surface area contributed by atoms with Gasteiger partial charge in [0.05, 0.1) is 6.54 Å². The average molecular weight is 268 g/mol. The maximum Gasteiger partial charge on any atom is 0.315 e. The average Bonchev–Trinajstić information content (AvgIpc) is 2.80. The van der Waals surface area contributed by atoms with Gasteiger partial charge in [-0.3, -0.25) is 0 Å². The molecule has 1 rings (SSSR count). The van der Waals surface area contributed by atoms with Crippen molar-refractivity contribution in [1.29, 1.82) is 0 Å². The van der Waals surface area contributed by atoms with Crippen LogP contribution in [-0.2, 0) is 6.54 Å². The summed E-state index contributed by atoms with van der Waals surface area (Å²) in [7, 11) is 0. The summed E-state index contributed by atoms with van der Waals surface area (Å²) in [4.78, 5) is 0. The summed E-state index contributed by atoms with van der Waals surface area (Å²) < 4.78 is 5.64. The Morgan fingerprint density at radius 3 is 2.05 bits per heavy atom. The molecule has 0 aliphatic heterocycles. The molecule has 0 unspecified atom stereocenters. The van der Waals surface area contributed by atoms with Crippen LogP contribution in [0.1, 0.15) is 66.7 Å². The molecule has 1 heterocycles. The van der Waals surface area contributed by atoms with Gasteiger partial charge < -0.3 is 15.1 Å². The molecule has 19 heavy (non-hydrogen) atoms. The van der Waals surface area contributed by atoms with Crippen LogP contribution in [0.3, 0.4) is 0 Å². The number of hydrogen-bond acceptors (Lipinski definition) is 5. The highest BCUT2D eigenvalue weighted by Gasteiger charge is 2.25. The third kappa shape index (κ3) is 4.82. The number of nitrogens with one attached hydrogen (secondary N) is 2. The molecule has 1 aromatic rings. The van der Waals surface area contributed by atoms with Crippen LogP contribution in [0, 0.1) is 0 Å². The molecule has 0 saturated carbocycles. The summed E-state index contributed by atoms with van der Waals surface area (Å²) in [6.45, 7) is 13.5. The number of aromatic nitrogens is 2. The van der Waals surface area contributed by atoms with Gasteiger partial charge in [0.15, 0.2) is 0 Å². The van der Waals surface area contributed by atoms with Crippen LogP contribution in [0.4, 0.5) is 6.01 Å². The van der Waals surface area contributed by atoms with Gasteiger partial charge in [-0.2, -0.15) is 0 Å². The molecule has 0 aromatic carbocycles. The number of rotatable bonds is 7. The largest absolute Gasteiger partial charge is 0.407 e. The Labute approximate surface area is 116 Å². The van der Waals surface area contributed by atoms with Crippen molar-refractivity contribution >= 4 is 6.01 Å². The Bertz CT molecular complexity index is 369. The van der Waals surface area contributed by atoms with E-state index < -0.39 is 0 Å². The van der Waals surface area contributed by atoms with Crippen molar-refractivity contribution < 1.29 is 4.42 Å². The van der Waals surface area contributed by atoms with E-state index in [1.807, 2.05) is 0 Å². The Morgan fingerprint density at radius 1 is 1.00 bits per heavy atom. The fourth-order valence-electron chi connectivity index (χ4n) is 1.96. The van der Waals surface area contributed by atoms with Gasteiger partial charge >= 0.3 is 6.01 Å². The van der Waals surface area contributed by atoms with Crippen molar-refractivity contribution in [3.63, 3.8) is 0 Å². The van der Waals surface area contributed by atoms with Gasteiger partial charge in [0.2, 0.25) is 5.89 Å². The summed E-state index contributed by atoms with van der Waals surface area (Å²) >= 11 is 0. The number of anilines is 1. The minimum atomic E-state index is 0.0437. The van der Waals surface area contributed by atoms with E-state index >= 15 is 0 Å². The lowest BCUT2D eigenvalue weighted by atomic mass is 9.90. The summed E-state index contributed by atoms with van der Waals surface area (Å²) in [6.07, 6.45) is 3.12. The van der Waals surface area contributed by atoms with Crippen molar-refractivity contribution in [3.05, 3.63) is 5.89 Å². The van der Waals surface area contributed by atoms with Gasteiger partial charge in [0, 0.05) is 11.1 Å². The van der Waals surface area contributed by atoms with E-state index in [1.54, 1.807) is 0 Å². The first-order valence-corrected chi connectivity index (χ1v) is 7.19. The minimum Gasteiger partial charge on any atom is -0.407 e. The van der Waals surface area contributed by atoms with Gasteiger partial charge in [-0.1, -0.05) is 25.9 Å². The first-order chi connectivity index (χ1) is 8.84. The Kier molecular flexibility index (Phi) is 5.35. The normalized spacial score (nSPS) is 12.7. The molecule has 0 saturated heterocycles. The van der Waals surface area contributed by atoms with E-state index in [0.717, 1.165) is 19.3 Å². The van der Waals surface area contributed by atoms with Gasteiger partial charge in [0.25, 0.3) is 0 Å². The molecule has 0 amide bonds. The van der Waals surface area contributed by atoms with Crippen molar-refractivity contribution in [2.75, 3.05) is 5.32 Å². The smallest absolute Gasteiger partial charge is 0.315 e. The molecule has 110 valence electrons. The maximum atomic E-state index is 5.64. The van der Waals surface area contributed by atoms with E-state index in [-0.39, 0.29) is 11.1 Å². The van der Waals surface area contributed by atoms with Crippen molar-refractivity contribution in [3.8, 4) is 0 Å². The molecule has 5 heteroatoms. The van der Waals surface area contributed by atoms with E-state index in [1.165, 1.54) is 0 Å². The molecule has 0 atom stereocenters. The topological polar surface area (TPSA) is 63.0 Å². The van der Waals surface area contributed by atoms with Crippen molar-refractivity contribution in [2.45, 2.75) is 78.4 Å². The van der Waals surface area contributed by atoms with Crippen LogP contribution >= 0.6 is 0 Å². The maximum absolute atomic E-state index is 5.64. The molecule has 0 aliphatic carbocycles. The Morgan fingerprint density at radius 2 is 1.58 bits per heavy atom. The van der Waals surface area contributed by atoms with Crippen LogP contribution < -0.4 is 10.6 Å². The molecular formula is C14H28N4O. The summed E-state index contributed by atoms with van der Waals surface area (Å²) in [5.41, 5.74) is 0.101. The number of hydrogen-bond donors (Lipinski definition) is 2. The molecular weight excluding hydrogens is 240 g/mol. The van der Waals surface area contributed by atoms with Crippen molar-refractivity contribution in [2.24, 2.45) is 0 Å². The lowest BCUT2D eigenvalue weighted by Gasteiger charge is -2.30. The SMILES string of the molecule is CCC(CC)(CC)Nc1nnc(CNC(C)(C)C)o1. The Hall–Kier alpha value is -1.10. The lowest BCUT2D eigenvalue weighted by Crippen LogP contribution is -2.36. The highest BCUT2D eigenvalue weighted by atomic mass is 16.4. The lowest BCUT2D eigenvalue weighted by molar-refractivity contribution is 0.371. The fraction of sp³-hybridized carbons (Fsp3) is 0.857. The van der Waals surface area contributed by atoms with Crippen LogP contribution in [0.5, 0.6) is 0 Å². The van der Waals surface area contributed by atoms with Gasteiger partial charge in [-0.25, -0.2) is 0 Å². The first kappa shape index (κ1) is 16.0. The highest BCUT2D eigenvalue weighted by Crippen LogP contribution is 2.24. The monoisotopic (exact) mass is 268 g/mol. The van der Waals surface area contributed by atoms with Crippen LogP contribution in [0.2, 0.25) is 0 Å². The second-order valence-electron chi connectivity index (χ2n) is 6.07. The summed E-state index contributed by atoms with van der Waals surface area (Å²) in [5.74, 6) is 0.620. The van der Waals surface area contributed by atoms with E-state index in [0.29, 0.717) is 18.5 Å². The molecule has 0 radical (unpaired) electrons. The van der Waals surface area contributed by atoms with E-state index in [2.05, 4.69) is 62.4 Å². The van der Waals surface area contributed by atoms with Crippen molar-refractivity contribution in [1.82, 2.24) is 15.5 Å². The molecule has 0 bridgehead atoms.